The Balaban J connectivity index is 1.69. The summed E-state index contributed by atoms with van der Waals surface area (Å²) in [5.41, 5.74) is 10.7. The Bertz CT molecular complexity index is 1240. The average molecular weight is 363 g/mol. The molecule has 4 aromatic heterocycles. The van der Waals surface area contributed by atoms with Crippen molar-refractivity contribution in [3.8, 4) is 11.1 Å². The quantitative estimate of drug-likeness (QED) is 0.567. The summed E-state index contributed by atoms with van der Waals surface area (Å²) in [5.74, 6) is -0.734. The predicted octanol–water partition coefficient (Wildman–Crippen LogP) is 3.32. The number of anilines is 1. The zero-order valence-corrected chi connectivity index (χ0v) is 15.0. The molecule has 0 radical (unpaired) electrons. The number of pyridine rings is 2. The van der Waals surface area contributed by atoms with Crippen LogP contribution < -0.4 is 5.73 Å². The summed E-state index contributed by atoms with van der Waals surface area (Å²) < 4.78 is 17.0. The maximum atomic E-state index is 13.4. The number of nitrogens with zero attached hydrogens (tertiary/aromatic N) is 4. The van der Waals surface area contributed by atoms with Crippen LogP contribution in [0.2, 0.25) is 0 Å². The molecule has 6 nitrogen and oxygen atoms in total. The molecule has 0 bridgehead atoms. The Morgan fingerprint density at radius 3 is 2.85 bits per heavy atom. The summed E-state index contributed by atoms with van der Waals surface area (Å²) >= 11 is 0. The van der Waals surface area contributed by atoms with Crippen LogP contribution in [0.4, 0.5) is 10.2 Å². The number of Topliss-reactive ketones (excluding diaryl/α,β-unsaturated/α-hetero) is 1. The second-order valence-electron chi connectivity index (χ2n) is 7.17. The molecule has 0 amide bonds. The summed E-state index contributed by atoms with van der Waals surface area (Å²) in [7, 11) is 1.96. The molecule has 7 heteroatoms. The lowest BCUT2D eigenvalue weighted by Gasteiger charge is -2.09. The number of alkyl halides is 1. The third-order valence-electron chi connectivity index (χ3n) is 5.40. The molecule has 4 heterocycles. The molecule has 1 saturated carbocycles. The number of hydrogen-bond donors (Lipinski definition) is 1. The van der Waals surface area contributed by atoms with Gasteiger partial charge in [-0.05, 0) is 37.1 Å². The van der Waals surface area contributed by atoms with E-state index in [-0.39, 0.29) is 23.7 Å². The van der Waals surface area contributed by atoms with Gasteiger partial charge in [0.25, 0.3) is 0 Å². The molecule has 2 N–H and O–H groups in total. The number of carbonyl (C=O) groups excluding carboxylic acids is 1. The molecule has 1 aliphatic carbocycles. The summed E-state index contributed by atoms with van der Waals surface area (Å²) in [6.45, 7) is 2.05. The van der Waals surface area contributed by atoms with Crippen molar-refractivity contribution in [2.75, 3.05) is 5.73 Å². The lowest BCUT2D eigenvalue weighted by molar-refractivity contribution is 0.0952. The van der Waals surface area contributed by atoms with E-state index < -0.39 is 12.1 Å². The van der Waals surface area contributed by atoms with E-state index in [4.69, 9.17) is 5.73 Å². The minimum Gasteiger partial charge on any atom is -0.382 e. The maximum Gasteiger partial charge on any atom is 0.189 e. The minimum atomic E-state index is -1.07. The van der Waals surface area contributed by atoms with Crippen LogP contribution in [-0.4, -0.2) is 30.9 Å². The number of aryl methyl sites for hydroxylation is 2. The molecular weight excluding hydrogens is 345 g/mol. The highest BCUT2D eigenvalue weighted by Gasteiger charge is 2.45. The smallest absolute Gasteiger partial charge is 0.189 e. The van der Waals surface area contributed by atoms with Gasteiger partial charge < -0.3 is 10.3 Å². The lowest BCUT2D eigenvalue weighted by Crippen LogP contribution is -2.10. The molecule has 0 spiro atoms. The Hall–Kier alpha value is -3.22. The first-order valence-electron chi connectivity index (χ1n) is 8.82. The topological polar surface area (TPSA) is 78.2 Å². The van der Waals surface area contributed by atoms with Crippen LogP contribution in [-0.2, 0) is 7.05 Å². The number of fused-ring (bicyclic) bond motifs is 2. The van der Waals surface area contributed by atoms with E-state index in [1.807, 2.05) is 48.4 Å². The molecule has 4 aromatic rings. The molecular formula is C20H18FN5O. The van der Waals surface area contributed by atoms with Gasteiger partial charge in [0, 0.05) is 42.2 Å². The number of hydrogen-bond acceptors (Lipinski definition) is 4. The number of rotatable bonds is 3. The fraction of sp³-hybridized carbons (Fsp3) is 0.250. The van der Waals surface area contributed by atoms with Crippen LogP contribution in [0.5, 0.6) is 0 Å². The number of carbonyl (C=O) groups is 1. The third kappa shape index (κ3) is 2.27. The first-order valence-corrected chi connectivity index (χ1v) is 8.82. The van der Waals surface area contributed by atoms with Crippen LogP contribution in [0, 0.1) is 12.8 Å². The van der Waals surface area contributed by atoms with Crippen molar-refractivity contribution in [1.29, 1.82) is 0 Å². The van der Waals surface area contributed by atoms with Gasteiger partial charge in [-0.2, -0.15) is 0 Å². The normalized spacial score (nSPS) is 19.1. The number of halogens is 1. The number of aromatic nitrogens is 4. The van der Waals surface area contributed by atoms with E-state index in [9.17, 15) is 9.18 Å². The molecule has 0 aromatic carbocycles. The highest BCUT2D eigenvalue weighted by atomic mass is 19.1. The van der Waals surface area contributed by atoms with Crippen LogP contribution in [0.25, 0.3) is 27.8 Å². The lowest BCUT2D eigenvalue weighted by atomic mass is 10.0. The summed E-state index contributed by atoms with van der Waals surface area (Å²) in [6, 6.07) is 5.79. The van der Waals surface area contributed by atoms with Crippen molar-refractivity contribution in [1.82, 2.24) is 18.9 Å². The number of ketones is 1. The molecule has 1 fully saturated rings. The van der Waals surface area contributed by atoms with Crippen molar-refractivity contribution in [3.63, 3.8) is 0 Å². The van der Waals surface area contributed by atoms with Gasteiger partial charge in [0.15, 0.2) is 11.6 Å². The van der Waals surface area contributed by atoms with Gasteiger partial charge in [-0.1, -0.05) is 0 Å². The third-order valence-corrected chi connectivity index (χ3v) is 5.40. The van der Waals surface area contributed by atoms with Crippen molar-refractivity contribution in [2.45, 2.75) is 19.5 Å². The summed E-state index contributed by atoms with van der Waals surface area (Å²) in [5, 5.41) is 1.08. The Labute approximate surface area is 154 Å². The van der Waals surface area contributed by atoms with Gasteiger partial charge in [-0.15, -0.1) is 0 Å². The Morgan fingerprint density at radius 1 is 1.33 bits per heavy atom. The zero-order valence-electron chi connectivity index (χ0n) is 15.0. The van der Waals surface area contributed by atoms with Crippen LogP contribution in [0.15, 0.2) is 36.8 Å². The summed E-state index contributed by atoms with van der Waals surface area (Å²) in [6.07, 6.45) is 4.84. The highest BCUT2D eigenvalue weighted by Crippen LogP contribution is 2.38. The molecule has 5 rings (SSSR count). The molecule has 0 aliphatic heterocycles. The molecule has 27 heavy (non-hydrogen) atoms. The van der Waals surface area contributed by atoms with Gasteiger partial charge in [0.2, 0.25) is 0 Å². The van der Waals surface area contributed by atoms with Crippen LogP contribution >= 0.6 is 0 Å². The zero-order chi connectivity index (χ0) is 18.9. The van der Waals surface area contributed by atoms with E-state index in [2.05, 4.69) is 16.9 Å². The molecule has 136 valence electrons. The van der Waals surface area contributed by atoms with Gasteiger partial charge in [0.05, 0.1) is 5.92 Å². The Kier molecular flexibility index (Phi) is 3.19. The van der Waals surface area contributed by atoms with E-state index >= 15 is 0 Å². The van der Waals surface area contributed by atoms with E-state index in [1.165, 1.54) is 0 Å². The molecule has 2 atom stereocenters. The van der Waals surface area contributed by atoms with Crippen molar-refractivity contribution < 1.29 is 9.18 Å². The summed E-state index contributed by atoms with van der Waals surface area (Å²) in [4.78, 5) is 21.4. The number of nitrogens with two attached hydrogens (primary N) is 1. The number of imidazole rings is 1. The molecule has 0 unspecified atom stereocenters. The van der Waals surface area contributed by atoms with Gasteiger partial charge >= 0.3 is 0 Å². The van der Waals surface area contributed by atoms with E-state index in [0.29, 0.717) is 5.65 Å². The largest absolute Gasteiger partial charge is 0.382 e. The van der Waals surface area contributed by atoms with E-state index in [0.717, 1.165) is 27.7 Å². The van der Waals surface area contributed by atoms with Gasteiger partial charge in [-0.25, -0.2) is 14.4 Å². The second-order valence-corrected chi connectivity index (χ2v) is 7.17. The van der Waals surface area contributed by atoms with E-state index in [1.54, 1.807) is 4.40 Å². The minimum absolute atomic E-state index is 0.143. The molecule has 1 aliphatic rings. The fourth-order valence-corrected chi connectivity index (χ4v) is 3.71. The highest BCUT2D eigenvalue weighted by molar-refractivity contribution is 6.03. The standard InChI is InChI=1S/C20H18FN5O/c1-10-12-5-6-25(2)20(12)23-8-14(10)11-3-4-16-24-19(22)17(26(16)9-11)18(27)13-7-15(13)21/h3-6,8-9,13,15H,7,22H2,1-2H3/t13-,15+/m1/s1. The fourth-order valence-electron chi connectivity index (χ4n) is 3.71. The second kappa shape index (κ2) is 5.39. The van der Waals surface area contributed by atoms with Crippen molar-refractivity contribution in [3.05, 3.63) is 48.0 Å². The Morgan fingerprint density at radius 2 is 2.11 bits per heavy atom. The van der Waals surface area contributed by atoms with Crippen LogP contribution in [0.1, 0.15) is 22.5 Å². The van der Waals surface area contributed by atoms with Crippen LogP contribution in [0.3, 0.4) is 0 Å². The van der Waals surface area contributed by atoms with Crippen molar-refractivity contribution in [2.24, 2.45) is 13.0 Å². The molecule has 0 saturated heterocycles. The first kappa shape index (κ1) is 16.0. The first-order chi connectivity index (χ1) is 13.0. The van der Waals surface area contributed by atoms with Gasteiger partial charge in [-0.3, -0.25) is 9.20 Å². The van der Waals surface area contributed by atoms with Crippen molar-refractivity contribution >= 4 is 28.3 Å². The number of nitrogen functional groups attached to an aromatic ring is 1. The predicted molar refractivity (Wildman–Crippen MR) is 101 cm³/mol. The monoisotopic (exact) mass is 363 g/mol. The SMILES string of the molecule is Cc1c(-c2ccc3nc(N)c(C(=O)[C@@H]4C[C@@H]4F)n3c2)cnc2c1ccn2C. The van der Waals surface area contributed by atoms with Gasteiger partial charge in [0.1, 0.15) is 23.2 Å². The maximum absolute atomic E-state index is 13.4. The average Bonchev–Trinajstić information content (AvgIpc) is 3.11.